The predicted octanol–water partition coefficient (Wildman–Crippen LogP) is 1.40. The average Bonchev–Trinajstić information content (AvgIpc) is 2.87. The van der Waals surface area contributed by atoms with Gasteiger partial charge in [-0.3, -0.25) is 4.79 Å². The Hall–Kier alpha value is -2.38. The number of carboxylic acid groups (broad SMARTS) is 1. The van der Waals surface area contributed by atoms with Gasteiger partial charge in [-0.15, -0.1) is 0 Å². The van der Waals surface area contributed by atoms with E-state index >= 15 is 0 Å². The summed E-state index contributed by atoms with van der Waals surface area (Å²) in [7, 11) is 0. The number of halogens is 1. The fourth-order valence-electron chi connectivity index (χ4n) is 1.87. The lowest BCUT2D eigenvalue weighted by atomic mass is 10.1. The van der Waals surface area contributed by atoms with Crippen LogP contribution in [0.1, 0.15) is 23.1 Å². The topological polar surface area (TPSA) is 104 Å². The van der Waals surface area contributed by atoms with Crippen LogP contribution in [-0.4, -0.2) is 44.0 Å². The van der Waals surface area contributed by atoms with Gasteiger partial charge in [-0.25, -0.2) is 9.48 Å². The molecule has 1 atom stereocenters. The summed E-state index contributed by atoms with van der Waals surface area (Å²) < 4.78 is 1.52. The Balaban J connectivity index is 2.20. The normalized spacial score (nSPS) is 13.4. The minimum atomic E-state index is -2.05. The summed E-state index contributed by atoms with van der Waals surface area (Å²) in [5, 5.41) is 25.4. The highest BCUT2D eigenvalue weighted by Gasteiger charge is 2.30. The van der Waals surface area contributed by atoms with Crippen molar-refractivity contribution in [2.45, 2.75) is 19.4 Å². The number of rotatable bonds is 5. The van der Waals surface area contributed by atoms with Crippen LogP contribution < -0.4 is 5.32 Å². The number of amides is 1. The Bertz CT molecular complexity index is 755. The third-order valence-electron chi connectivity index (χ3n) is 3.25. The lowest BCUT2D eigenvalue weighted by Gasteiger charge is -2.17. The molecule has 0 aliphatic rings. The van der Waals surface area contributed by atoms with Crippen LogP contribution in [0.25, 0.3) is 5.69 Å². The second kappa shape index (κ2) is 6.39. The fourth-order valence-corrected chi connectivity index (χ4v) is 2.09. The molecule has 7 nitrogen and oxygen atoms in total. The molecule has 0 aliphatic carbocycles. The van der Waals surface area contributed by atoms with Crippen molar-refractivity contribution in [1.82, 2.24) is 15.1 Å². The van der Waals surface area contributed by atoms with Crippen LogP contribution in [-0.2, 0) is 4.79 Å². The lowest BCUT2D eigenvalue weighted by Crippen LogP contribution is -2.46. The van der Waals surface area contributed by atoms with E-state index in [2.05, 4.69) is 10.4 Å². The molecule has 1 amide bonds. The highest BCUT2D eigenvalue weighted by molar-refractivity contribution is 6.32. The quantitative estimate of drug-likeness (QED) is 0.765. The molecule has 0 bridgehead atoms. The third-order valence-corrected chi connectivity index (χ3v) is 3.57. The van der Waals surface area contributed by atoms with E-state index < -0.39 is 24.0 Å². The Morgan fingerprint density at radius 2 is 2.04 bits per heavy atom. The van der Waals surface area contributed by atoms with Crippen LogP contribution in [0.4, 0.5) is 0 Å². The zero-order valence-electron chi connectivity index (χ0n) is 12.6. The van der Waals surface area contributed by atoms with Gasteiger partial charge in [0.15, 0.2) is 11.3 Å². The molecule has 0 fully saturated rings. The van der Waals surface area contributed by atoms with Gasteiger partial charge in [-0.05, 0) is 32.0 Å². The molecule has 122 valence electrons. The number of aliphatic hydroxyl groups is 1. The Labute approximate surface area is 137 Å². The van der Waals surface area contributed by atoms with Gasteiger partial charge in [0.05, 0.1) is 17.3 Å². The third kappa shape index (κ3) is 3.69. The van der Waals surface area contributed by atoms with Crippen LogP contribution in [0.5, 0.6) is 0 Å². The highest BCUT2D eigenvalue weighted by atomic mass is 35.5. The molecule has 0 radical (unpaired) electrons. The molecule has 0 saturated heterocycles. The van der Waals surface area contributed by atoms with Gasteiger partial charge in [-0.1, -0.05) is 23.7 Å². The van der Waals surface area contributed by atoms with E-state index in [0.29, 0.717) is 16.4 Å². The average molecular weight is 338 g/mol. The number of nitrogens with one attached hydrogen (secondary N) is 1. The molecule has 23 heavy (non-hydrogen) atoms. The van der Waals surface area contributed by atoms with Crippen LogP contribution in [0.2, 0.25) is 5.02 Å². The summed E-state index contributed by atoms with van der Waals surface area (Å²) in [6, 6.07) is 8.60. The van der Waals surface area contributed by atoms with Crippen molar-refractivity contribution in [1.29, 1.82) is 0 Å². The molecule has 1 aromatic carbocycles. The first kappa shape index (κ1) is 17.0. The van der Waals surface area contributed by atoms with Crippen LogP contribution in [0.3, 0.4) is 0 Å². The van der Waals surface area contributed by atoms with Gasteiger partial charge in [0.1, 0.15) is 0 Å². The van der Waals surface area contributed by atoms with Gasteiger partial charge in [0, 0.05) is 5.69 Å². The van der Waals surface area contributed by atoms with E-state index in [-0.39, 0.29) is 5.69 Å². The lowest BCUT2D eigenvalue weighted by molar-refractivity contribution is -0.155. The number of hydrogen-bond donors (Lipinski definition) is 3. The standard InChI is InChI=1S/C15H16ClN3O4/c1-9-7-11(13(20)17-8-15(2,23)14(21)22)18-19(9)12-6-4-3-5-10(12)16/h3-7,23H,8H2,1-2H3,(H,17,20)(H,21,22). The fraction of sp³-hybridized carbons (Fsp3) is 0.267. The Kier molecular flexibility index (Phi) is 4.72. The first-order valence-corrected chi connectivity index (χ1v) is 7.16. The van der Waals surface area contributed by atoms with Crippen molar-refractivity contribution in [3.63, 3.8) is 0 Å². The first-order chi connectivity index (χ1) is 10.7. The van der Waals surface area contributed by atoms with Gasteiger partial charge in [0.25, 0.3) is 5.91 Å². The Morgan fingerprint density at radius 3 is 2.65 bits per heavy atom. The van der Waals surface area contributed by atoms with Crippen molar-refractivity contribution in [3.05, 3.63) is 46.7 Å². The molecular weight excluding hydrogens is 322 g/mol. The molecule has 0 saturated carbocycles. The molecule has 2 rings (SSSR count). The van der Waals surface area contributed by atoms with E-state index in [1.165, 1.54) is 4.68 Å². The largest absolute Gasteiger partial charge is 0.479 e. The second-order valence-electron chi connectivity index (χ2n) is 5.30. The first-order valence-electron chi connectivity index (χ1n) is 6.78. The zero-order chi connectivity index (χ0) is 17.2. The molecule has 2 aromatic rings. The SMILES string of the molecule is Cc1cc(C(=O)NCC(C)(O)C(=O)O)nn1-c1ccccc1Cl. The van der Waals surface area contributed by atoms with Gasteiger partial charge in [0.2, 0.25) is 0 Å². The predicted molar refractivity (Wildman–Crippen MR) is 83.9 cm³/mol. The van der Waals surface area contributed by atoms with Crippen LogP contribution >= 0.6 is 11.6 Å². The number of benzene rings is 1. The van der Waals surface area contributed by atoms with Crippen molar-refractivity contribution in [3.8, 4) is 5.69 Å². The molecule has 1 heterocycles. The summed E-state index contributed by atoms with van der Waals surface area (Å²) in [6.07, 6.45) is 0. The number of hydrogen-bond acceptors (Lipinski definition) is 4. The van der Waals surface area contributed by atoms with Crippen molar-refractivity contribution < 1.29 is 19.8 Å². The number of carboxylic acids is 1. The van der Waals surface area contributed by atoms with Crippen molar-refractivity contribution in [2.24, 2.45) is 0 Å². The number of carbonyl (C=O) groups is 2. The number of carbonyl (C=O) groups excluding carboxylic acids is 1. The molecule has 0 aliphatic heterocycles. The molecule has 3 N–H and O–H groups in total. The maximum Gasteiger partial charge on any atom is 0.337 e. The minimum absolute atomic E-state index is 0.101. The molecule has 8 heteroatoms. The smallest absolute Gasteiger partial charge is 0.337 e. The van der Waals surface area contributed by atoms with Crippen molar-refractivity contribution in [2.75, 3.05) is 6.54 Å². The molecule has 1 unspecified atom stereocenters. The van der Waals surface area contributed by atoms with Crippen LogP contribution in [0.15, 0.2) is 30.3 Å². The van der Waals surface area contributed by atoms with E-state index in [1.54, 1.807) is 37.3 Å². The van der Waals surface area contributed by atoms with Crippen molar-refractivity contribution >= 4 is 23.5 Å². The number of aliphatic carboxylic acids is 1. The monoisotopic (exact) mass is 337 g/mol. The molecule has 0 spiro atoms. The summed E-state index contributed by atoms with van der Waals surface area (Å²) in [5.41, 5.74) is -0.629. The van der Waals surface area contributed by atoms with Gasteiger partial charge in [-0.2, -0.15) is 5.10 Å². The summed E-state index contributed by atoms with van der Waals surface area (Å²) in [6.45, 7) is 2.43. The summed E-state index contributed by atoms with van der Waals surface area (Å²) in [5.74, 6) is -2.00. The van der Waals surface area contributed by atoms with Gasteiger partial charge >= 0.3 is 5.97 Å². The summed E-state index contributed by atoms with van der Waals surface area (Å²) >= 11 is 6.12. The molecular formula is C15H16ClN3O4. The molecule has 1 aromatic heterocycles. The maximum atomic E-state index is 12.1. The van der Waals surface area contributed by atoms with E-state index in [1.807, 2.05) is 0 Å². The summed E-state index contributed by atoms with van der Waals surface area (Å²) in [4.78, 5) is 22.9. The van der Waals surface area contributed by atoms with Gasteiger partial charge < -0.3 is 15.5 Å². The second-order valence-corrected chi connectivity index (χ2v) is 5.70. The zero-order valence-corrected chi connectivity index (χ0v) is 13.3. The highest BCUT2D eigenvalue weighted by Crippen LogP contribution is 2.21. The van der Waals surface area contributed by atoms with E-state index in [4.69, 9.17) is 16.7 Å². The number of aromatic nitrogens is 2. The van der Waals surface area contributed by atoms with E-state index in [9.17, 15) is 14.7 Å². The van der Waals surface area contributed by atoms with Crippen LogP contribution in [0, 0.1) is 6.92 Å². The minimum Gasteiger partial charge on any atom is -0.479 e. The maximum absolute atomic E-state index is 12.1. The number of aryl methyl sites for hydroxylation is 1. The van der Waals surface area contributed by atoms with E-state index in [0.717, 1.165) is 6.92 Å². The number of nitrogens with zero attached hydrogens (tertiary/aromatic N) is 2. The Morgan fingerprint density at radius 1 is 1.39 bits per heavy atom. The number of para-hydroxylation sites is 1.